The minimum Gasteiger partial charge on any atom is -0.356 e. The van der Waals surface area contributed by atoms with Crippen molar-refractivity contribution in [2.45, 2.75) is 33.1 Å². The summed E-state index contributed by atoms with van der Waals surface area (Å²) in [6, 6.07) is 7.34. The van der Waals surface area contributed by atoms with Crippen LogP contribution in [-0.4, -0.2) is 66.7 Å². The van der Waals surface area contributed by atoms with Crippen molar-refractivity contribution in [3.63, 3.8) is 0 Å². The van der Waals surface area contributed by atoms with Gasteiger partial charge >= 0.3 is 0 Å². The topological polar surface area (TPSA) is 69.7 Å². The Hall–Kier alpha value is -2.21. The third kappa shape index (κ3) is 6.26. The summed E-state index contributed by atoms with van der Waals surface area (Å²) in [6.07, 6.45) is 0.641. The van der Waals surface area contributed by atoms with Crippen LogP contribution >= 0.6 is 0 Å². The Balaban J connectivity index is 1.62. The molecule has 0 atom stereocenters. The van der Waals surface area contributed by atoms with Gasteiger partial charge in [0.15, 0.2) is 5.78 Å². The molecule has 0 bridgehead atoms. The first-order valence-corrected chi connectivity index (χ1v) is 9.36. The van der Waals surface area contributed by atoms with Gasteiger partial charge in [-0.3, -0.25) is 14.4 Å². The molecule has 1 aliphatic heterocycles. The second-order valence-corrected chi connectivity index (χ2v) is 6.70. The number of nitrogens with one attached hydrogen (secondary N) is 1. The Morgan fingerprint density at radius 2 is 1.62 bits per heavy atom. The normalized spacial score (nSPS) is 14.9. The first kappa shape index (κ1) is 20.1. The van der Waals surface area contributed by atoms with Gasteiger partial charge in [0.25, 0.3) is 0 Å². The van der Waals surface area contributed by atoms with Crippen LogP contribution in [0.3, 0.4) is 0 Å². The molecule has 0 unspecified atom stereocenters. The van der Waals surface area contributed by atoms with Crippen LogP contribution in [0.2, 0.25) is 0 Å². The SMILES string of the molecule is CCN1CCN(C(=O)CCNC(=O)CCC(=O)c2ccc(C)cc2)CC1. The van der Waals surface area contributed by atoms with E-state index >= 15 is 0 Å². The molecular weight excluding hydrogens is 330 g/mol. The summed E-state index contributed by atoms with van der Waals surface area (Å²) in [4.78, 5) is 40.3. The van der Waals surface area contributed by atoms with E-state index in [1.807, 2.05) is 24.0 Å². The van der Waals surface area contributed by atoms with E-state index in [9.17, 15) is 14.4 Å². The summed E-state index contributed by atoms with van der Waals surface area (Å²) >= 11 is 0. The smallest absolute Gasteiger partial charge is 0.224 e. The molecule has 0 saturated carbocycles. The van der Waals surface area contributed by atoms with E-state index in [1.54, 1.807) is 12.1 Å². The highest BCUT2D eigenvalue weighted by atomic mass is 16.2. The van der Waals surface area contributed by atoms with Gasteiger partial charge in [-0.15, -0.1) is 0 Å². The van der Waals surface area contributed by atoms with E-state index < -0.39 is 0 Å². The second-order valence-electron chi connectivity index (χ2n) is 6.70. The molecule has 0 aromatic heterocycles. The lowest BCUT2D eigenvalue weighted by Gasteiger charge is -2.34. The van der Waals surface area contributed by atoms with E-state index in [0.717, 1.165) is 38.3 Å². The third-order valence-corrected chi connectivity index (χ3v) is 4.79. The van der Waals surface area contributed by atoms with Gasteiger partial charge in [0.1, 0.15) is 0 Å². The summed E-state index contributed by atoms with van der Waals surface area (Å²) in [5.74, 6) is -0.143. The van der Waals surface area contributed by atoms with Gasteiger partial charge in [-0.05, 0) is 13.5 Å². The molecule has 1 aliphatic rings. The van der Waals surface area contributed by atoms with Gasteiger partial charge in [0.2, 0.25) is 11.8 Å². The highest BCUT2D eigenvalue weighted by Crippen LogP contribution is 2.08. The Bertz CT molecular complexity index is 620. The van der Waals surface area contributed by atoms with Crippen LogP contribution in [0.4, 0.5) is 0 Å². The average Bonchev–Trinajstić information content (AvgIpc) is 2.66. The number of rotatable bonds is 8. The van der Waals surface area contributed by atoms with Crippen LogP contribution in [0.25, 0.3) is 0 Å². The molecule has 6 heteroatoms. The van der Waals surface area contributed by atoms with Gasteiger partial charge in [-0.2, -0.15) is 0 Å². The van der Waals surface area contributed by atoms with Gasteiger partial charge in [0, 0.05) is 57.5 Å². The van der Waals surface area contributed by atoms with Crippen molar-refractivity contribution in [1.29, 1.82) is 0 Å². The number of amides is 2. The molecule has 1 aromatic rings. The van der Waals surface area contributed by atoms with Crippen molar-refractivity contribution in [3.05, 3.63) is 35.4 Å². The number of aryl methyl sites for hydroxylation is 1. The van der Waals surface area contributed by atoms with Crippen molar-refractivity contribution in [2.24, 2.45) is 0 Å². The minimum atomic E-state index is -0.186. The number of hydrogen-bond acceptors (Lipinski definition) is 4. The van der Waals surface area contributed by atoms with Crippen LogP contribution in [0.5, 0.6) is 0 Å². The zero-order valence-electron chi connectivity index (χ0n) is 15.8. The summed E-state index contributed by atoms with van der Waals surface area (Å²) in [5, 5.41) is 2.74. The van der Waals surface area contributed by atoms with Crippen molar-refractivity contribution >= 4 is 17.6 Å². The van der Waals surface area contributed by atoms with Gasteiger partial charge in [-0.25, -0.2) is 0 Å². The minimum absolute atomic E-state index is 0.0370. The Labute approximate surface area is 155 Å². The standard InChI is InChI=1S/C20H29N3O3/c1-3-22-12-14-23(15-13-22)20(26)10-11-21-19(25)9-8-18(24)17-6-4-16(2)5-7-17/h4-7H,3,8-15H2,1-2H3,(H,21,25). The molecule has 0 radical (unpaired) electrons. The van der Waals surface area contributed by atoms with Gasteiger partial charge in [0.05, 0.1) is 0 Å². The number of likely N-dealkylation sites (N-methyl/N-ethyl adjacent to an activating group) is 1. The molecule has 26 heavy (non-hydrogen) atoms. The Morgan fingerprint density at radius 1 is 0.962 bits per heavy atom. The Morgan fingerprint density at radius 3 is 2.23 bits per heavy atom. The fourth-order valence-corrected chi connectivity index (χ4v) is 2.98. The lowest BCUT2D eigenvalue weighted by Crippen LogP contribution is -2.49. The largest absolute Gasteiger partial charge is 0.356 e. The molecule has 2 rings (SSSR count). The number of Topliss-reactive ketones (excluding diaryl/α,β-unsaturated/α-hetero) is 1. The number of carbonyl (C=O) groups excluding carboxylic acids is 3. The monoisotopic (exact) mass is 359 g/mol. The second kappa shape index (κ2) is 10.1. The molecule has 142 valence electrons. The van der Waals surface area contributed by atoms with E-state index in [2.05, 4.69) is 17.1 Å². The fraction of sp³-hybridized carbons (Fsp3) is 0.550. The highest BCUT2D eigenvalue weighted by molar-refractivity contribution is 5.98. The predicted octanol–water partition coefficient (Wildman–Crippen LogP) is 1.63. The molecule has 1 N–H and O–H groups in total. The molecule has 0 aliphatic carbocycles. The van der Waals surface area contributed by atoms with E-state index in [0.29, 0.717) is 18.5 Å². The first-order chi connectivity index (χ1) is 12.5. The maximum atomic E-state index is 12.2. The van der Waals surface area contributed by atoms with E-state index in [4.69, 9.17) is 0 Å². The number of piperazine rings is 1. The first-order valence-electron chi connectivity index (χ1n) is 9.36. The van der Waals surface area contributed by atoms with Crippen molar-refractivity contribution in [2.75, 3.05) is 39.3 Å². The maximum Gasteiger partial charge on any atom is 0.224 e. The molecule has 6 nitrogen and oxygen atoms in total. The number of hydrogen-bond donors (Lipinski definition) is 1. The van der Waals surface area contributed by atoms with Gasteiger partial charge in [-0.1, -0.05) is 36.8 Å². The zero-order chi connectivity index (χ0) is 18.9. The number of ketones is 1. The van der Waals surface area contributed by atoms with Crippen molar-refractivity contribution < 1.29 is 14.4 Å². The molecule has 1 aromatic carbocycles. The van der Waals surface area contributed by atoms with Gasteiger partial charge < -0.3 is 15.1 Å². The zero-order valence-corrected chi connectivity index (χ0v) is 15.8. The molecule has 1 saturated heterocycles. The molecular formula is C20H29N3O3. The number of benzene rings is 1. The van der Waals surface area contributed by atoms with Crippen LogP contribution in [0.1, 0.15) is 42.1 Å². The quantitative estimate of drug-likeness (QED) is 0.716. The Kier molecular flexibility index (Phi) is 7.78. The molecule has 1 fully saturated rings. The highest BCUT2D eigenvalue weighted by Gasteiger charge is 2.19. The third-order valence-electron chi connectivity index (χ3n) is 4.79. The summed E-state index contributed by atoms with van der Waals surface area (Å²) in [5.41, 5.74) is 1.73. The molecule has 1 heterocycles. The number of carbonyl (C=O) groups is 3. The fourth-order valence-electron chi connectivity index (χ4n) is 2.98. The molecule has 0 spiro atoms. The lowest BCUT2D eigenvalue weighted by atomic mass is 10.1. The van der Waals surface area contributed by atoms with Crippen LogP contribution in [-0.2, 0) is 9.59 Å². The van der Waals surface area contributed by atoms with Crippen LogP contribution in [0, 0.1) is 6.92 Å². The summed E-state index contributed by atoms with van der Waals surface area (Å²) < 4.78 is 0. The summed E-state index contributed by atoms with van der Waals surface area (Å²) in [7, 11) is 0. The van der Waals surface area contributed by atoms with E-state index in [-0.39, 0.29) is 30.4 Å². The number of nitrogens with zero attached hydrogens (tertiary/aromatic N) is 2. The van der Waals surface area contributed by atoms with Crippen molar-refractivity contribution in [3.8, 4) is 0 Å². The average molecular weight is 359 g/mol. The van der Waals surface area contributed by atoms with Crippen LogP contribution < -0.4 is 5.32 Å². The predicted molar refractivity (Wildman–Crippen MR) is 101 cm³/mol. The van der Waals surface area contributed by atoms with Crippen molar-refractivity contribution in [1.82, 2.24) is 15.1 Å². The molecule has 2 amide bonds. The van der Waals surface area contributed by atoms with E-state index in [1.165, 1.54) is 0 Å². The van der Waals surface area contributed by atoms with Crippen LogP contribution in [0.15, 0.2) is 24.3 Å². The maximum absolute atomic E-state index is 12.2. The summed E-state index contributed by atoms with van der Waals surface area (Å²) in [6.45, 7) is 8.76. The lowest BCUT2D eigenvalue weighted by molar-refractivity contribution is -0.132.